The van der Waals surface area contributed by atoms with E-state index in [0.717, 1.165) is 16.7 Å². The van der Waals surface area contributed by atoms with Gasteiger partial charge >= 0.3 is 0 Å². The highest BCUT2D eigenvalue weighted by Gasteiger charge is 2.03. The van der Waals surface area contributed by atoms with E-state index in [1.54, 1.807) is 0 Å². The van der Waals surface area contributed by atoms with E-state index in [1.807, 2.05) is 43.4 Å². The molecule has 2 rings (SSSR count). The quantitative estimate of drug-likeness (QED) is 0.858. The lowest BCUT2D eigenvalue weighted by Crippen LogP contribution is -2.16. The van der Waals surface area contributed by atoms with Crippen LogP contribution in [0.4, 0.5) is 5.69 Å². The predicted octanol–water partition coefficient (Wildman–Crippen LogP) is 3.96. The van der Waals surface area contributed by atoms with Crippen LogP contribution in [0.15, 0.2) is 53.0 Å². The van der Waals surface area contributed by atoms with Crippen molar-refractivity contribution < 1.29 is 0 Å². The van der Waals surface area contributed by atoms with Crippen LogP contribution in [0.5, 0.6) is 0 Å². The highest BCUT2D eigenvalue weighted by Crippen LogP contribution is 2.18. The van der Waals surface area contributed by atoms with Gasteiger partial charge in [-0.2, -0.15) is 5.26 Å². The van der Waals surface area contributed by atoms with Crippen LogP contribution >= 0.6 is 15.9 Å². The molecule has 0 N–H and O–H groups in total. The molecule has 0 aliphatic rings. The van der Waals surface area contributed by atoms with Crippen LogP contribution in [0, 0.1) is 11.3 Å². The Morgan fingerprint density at radius 3 is 2.67 bits per heavy atom. The monoisotopic (exact) mass is 300 g/mol. The largest absolute Gasteiger partial charge is 0.370 e. The van der Waals surface area contributed by atoms with E-state index < -0.39 is 0 Å². The third-order valence-electron chi connectivity index (χ3n) is 2.72. The average Bonchev–Trinajstić information content (AvgIpc) is 2.39. The zero-order chi connectivity index (χ0) is 13.0. The summed E-state index contributed by atoms with van der Waals surface area (Å²) in [5.41, 5.74) is 2.97. The van der Waals surface area contributed by atoms with Crippen LogP contribution in [0.1, 0.15) is 11.1 Å². The first-order valence-electron chi connectivity index (χ1n) is 5.65. The van der Waals surface area contributed by atoms with Gasteiger partial charge in [0.05, 0.1) is 11.6 Å². The minimum Gasteiger partial charge on any atom is -0.370 e. The number of anilines is 1. The second kappa shape index (κ2) is 5.70. The van der Waals surface area contributed by atoms with Gasteiger partial charge in [0.25, 0.3) is 0 Å². The standard InChI is InChI=1S/C15H13BrN2/c1-18(11-13-5-2-6-14(16)8-13)15-7-3-4-12(9-15)10-17/h2-9H,11H2,1H3. The summed E-state index contributed by atoms with van der Waals surface area (Å²) < 4.78 is 1.08. The van der Waals surface area contributed by atoms with Gasteiger partial charge in [0.2, 0.25) is 0 Å². The highest BCUT2D eigenvalue weighted by atomic mass is 79.9. The molecule has 2 aromatic rings. The van der Waals surface area contributed by atoms with Crippen molar-refractivity contribution in [3.63, 3.8) is 0 Å². The molecule has 3 heteroatoms. The Morgan fingerprint density at radius 2 is 1.94 bits per heavy atom. The number of hydrogen-bond donors (Lipinski definition) is 0. The fourth-order valence-corrected chi connectivity index (χ4v) is 2.26. The number of halogens is 1. The molecule has 0 aliphatic carbocycles. The molecular weight excluding hydrogens is 288 g/mol. The van der Waals surface area contributed by atoms with Gasteiger partial charge in [-0.05, 0) is 35.9 Å². The predicted molar refractivity (Wildman–Crippen MR) is 77.4 cm³/mol. The maximum atomic E-state index is 8.90. The molecule has 0 aliphatic heterocycles. The summed E-state index contributed by atoms with van der Waals surface area (Å²) in [7, 11) is 2.03. The van der Waals surface area contributed by atoms with E-state index in [-0.39, 0.29) is 0 Å². The molecule has 0 saturated heterocycles. The van der Waals surface area contributed by atoms with Gasteiger partial charge in [0, 0.05) is 23.8 Å². The lowest BCUT2D eigenvalue weighted by molar-refractivity contribution is 0.922. The first kappa shape index (κ1) is 12.7. The molecule has 0 aromatic heterocycles. The van der Waals surface area contributed by atoms with Crippen LogP contribution in [0.25, 0.3) is 0 Å². The van der Waals surface area contributed by atoms with E-state index in [2.05, 4.69) is 39.0 Å². The van der Waals surface area contributed by atoms with E-state index >= 15 is 0 Å². The number of nitriles is 1. The molecule has 2 aromatic carbocycles. The Hall–Kier alpha value is -1.79. The molecule has 18 heavy (non-hydrogen) atoms. The SMILES string of the molecule is CN(Cc1cccc(Br)c1)c1cccc(C#N)c1. The normalized spacial score (nSPS) is 9.83. The highest BCUT2D eigenvalue weighted by molar-refractivity contribution is 9.10. The van der Waals surface area contributed by atoms with E-state index in [0.29, 0.717) is 5.56 Å². The van der Waals surface area contributed by atoms with Crippen molar-refractivity contribution in [1.29, 1.82) is 5.26 Å². The summed E-state index contributed by atoms with van der Waals surface area (Å²) in [5, 5.41) is 8.90. The summed E-state index contributed by atoms with van der Waals surface area (Å²) in [6.07, 6.45) is 0. The Labute approximate surface area is 116 Å². The van der Waals surface area contributed by atoms with E-state index in [9.17, 15) is 0 Å². The van der Waals surface area contributed by atoms with Crippen molar-refractivity contribution in [2.24, 2.45) is 0 Å². The maximum Gasteiger partial charge on any atom is 0.0992 e. The fourth-order valence-electron chi connectivity index (χ4n) is 1.81. The van der Waals surface area contributed by atoms with Crippen LogP contribution in [-0.4, -0.2) is 7.05 Å². The summed E-state index contributed by atoms with van der Waals surface area (Å²) in [6, 6.07) is 18.0. The summed E-state index contributed by atoms with van der Waals surface area (Å²) in [6.45, 7) is 0.814. The minimum atomic E-state index is 0.689. The van der Waals surface area contributed by atoms with Gasteiger partial charge in [-0.25, -0.2) is 0 Å². The molecule has 0 unspecified atom stereocenters. The molecule has 0 bridgehead atoms. The molecule has 0 spiro atoms. The Balaban J connectivity index is 2.17. The van der Waals surface area contributed by atoms with Crippen molar-refractivity contribution in [3.8, 4) is 6.07 Å². The lowest BCUT2D eigenvalue weighted by Gasteiger charge is -2.19. The number of rotatable bonds is 3. The Kier molecular flexibility index (Phi) is 4.01. The zero-order valence-corrected chi connectivity index (χ0v) is 11.7. The van der Waals surface area contributed by atoms with Gasteiger partial charge < -0.3 is 4.90 Å². The number of benzene rings is 2. The fraction of sp³-hybridized carbons (Fsp3) is 0.133. The van der Waals surface area contributed by atoms with Gasteiger partial charge in [-0.3, -0.25) is 0 Å². The minimum absolute atomic E-state index is 0.689. The van der Waals surface area contributed by atoms with Crippen molar-refractivity contribution in [3.05, 3.63) is 64.1 Å². The summed E-state index contributed by atoms with van der Waals surface area (Å²) in [5.74, 6) is 0. The third kappa shape index (κ3) is 3.12. The van der Waals surface area contributed by atoms with Gasteiger partial charge in [0.1, 0.15) is 0 Å². The number of hydrogen-bond acceptors (Lipinski definition) is 2. The van der Waals surface area contributed by atoms with Gasteiger partial charge in [0.15, 0.2) is 0 Å². The topological polar surface area (TPSA) is 27.0 Å². The van der Waals surface area contributed by atoms with Crippen molar-refractivity contribution in [1.82, 2.24) is 0 Å². The first-order chi connectivity index (χ1) is 8.69. The smallest absolute Gasteiger partial charge is 0.0992 e. The van der Waals surface area contributed by atoms with Crippen molar-refractivity contribution in [2.75, 3.05) is 11.9 Å². The van der Waals surface area contributed by atoms with Crippen LogP contribution in [0.3, 0.4) is 0 Å². The lowest BCUT2D eigenvalue weighted by atomic mass is 10.1. The molecule has 0 saturated carbocycles. The van der Waals surface area contributed by atoms with Crippen molar-refractivity contribution in [2.45, 2.75) is 6.54 Å². The number of nitrogens with zero attached hydrogens (tertiary/aromatic N) is 2. The zero-order valence-electron chi connectivity index (χ0n) is 10.1. The van der Waals surface area contributed by atoms with E-state index in [1.165, 1.54) is 5.56 Å². The summed E-state index contributed by atoms with van der Waals surface area (Å²) in [4.78, 5) is 2.13. The van der Waals surface area contributed by atoms with Crippen LogP contribution in [-0.2, 0) is 6.54 Å². The molecule has 0 fully saturated rings. The molecule has 2 nitrogen and oxygen atoms in total. The maximum absolute atomic E-state index is 8.90. The molecule has 0 atom stereocenters. The molecular formula is C15H13BrN2. The average molecular weight is 301 g/mol. The van der Waals surface area contributed by atoms with Crippen LogP contribution in [0.2, 0.25) is 0 Å². The van der Waals surface area contributed by atoms with Crippen LogP contribution < -0.4 is 4.90 Å². The molecule has 90 valence electrons. The van der Waals surface area contributed by atoms with E-state index in [4.69, 9.17) is 5.26 Å². The third-order valence-corrected chi connectivity index (χ3v) is 3.22. The Morgan fingerprint density at radius 1 is 1.17 bits per heavy atom. The Bertz CT molecular complexity index is 587. The van der Waals surface area contributed by atoms with Gasteiger partial charge in [-0.15, -0.1) is 0 Å². The van der Waals surface area contributed by atoms with Crippen molar-refractivity contribution >= 4 is 21.6 Å². The molecule has 0 heterocycles. The molecule has 0 radical (unpaired) electrons. The molecule has 0 amide bonds. The first-order valence-corrected chi connectivity index (χ1v) is 6.44. The summed E-state index contributed by atoms with van der Waals surface area (Å²) >= 11 is 3.47. The van der Waals surface area contributed by atoms with Gasteiger partial charge in [-0.1, -0.05) is 34.1 Å². The second-order valence-corrected chi connectivity index (χ2v) is 5.06. The second-order valence-electron chi connectivity index (χ2n) is 4.15.